The summed E-state index contributed by atoms with van der Waals surface area (Å²) in [6.45, 7) is 17.8. The number of alkyl halides is 6. The Morgan fingerprint density at radius 1 is 0.538 bits per heavy atom. The van der Waals surface area contributed by atoms with Gasteiger partial charge >= 0.3 is 56.7 Å². The van der Waals surface area contributed by atoms with Gasteiger partial charge in [0.2, 0.25) is 11.8 Å². The van der Waals surface area contributed by atoms with Gasteiger partial charge in [0.05, 0.1) is 31.0 Å². The van der Waals surface area contributed by atoms with Gasteiger partial charge in [-0.05, 0) is 111 Å². The number of Topliss-reactive ketones (excluding diaryl/α,β-unsaturated/α-hetero) is 2. The summed E-state index contributed by atoms with van der Waals surface area (Å²) in [6, 6.07) is 27.0. The van der Waals surface area contributed by atoms with E-state index < -0.39 is 79.0 Å². The van der Waals surface area contributed by atoms with E-state index in [0.29, 0.717) is 49.6 Å². The van der Waals surface area contributed by atoms with Gasteiger partial charge in [0.25, 0.3) is 11.8 Å². The molecule has 2 heterocycles. The van der Waals surface area contributed by atoms with E-state index in [1.165, 1.54) is 59.2 Å². The van der Waals surface area contributed by atoms with Gasteiger partial charge in [-0.2, -0.15) is 26.3 Å². The van der Waals surface area contributed by atoms with Crippen LogP contribution in [0.4, 0.5) is 26.3 Å². The Labute approximate surface area is 637 Å². The fourth-order valence-electron chi connectivity index (χ4n) is 9.07. The Balaban J connectivity index is -0.000000158. The molecule has 1 saturated heterocycles. The molecule has 0 aliphatic carbocycles. The molecule has 0 saturated carbocycles. The van der Waals surface area contributed by atoms with Crippen molar-refractivity contribution in [3.05, 3.63) is 174 Å². The number of imide groups is 2. The molecule has 0 bridgehead atoms. The molecule has 106 heavy (non-hydrogen) atoms. The van der Waals surface area contributed by atoms with Gasteiger partial charge in [0.15, 0.2) is 24.8 Å². The van der Waals surface area contributed by atoms with E-state index in [4.69, 9.17) is 9.08 Å². The normalized spacial score (nSPS) is 13.3. The first-order valence-electron chi connectivity index (χ1n) is 30.5. The minimum atomic E-state index is -4.71. The number of carbonyl (C=O) groups is 10. The van der Waals surface area contributed by atoms with Crippen LogP contribution in [-0.2, 0) is 70.1 Å². The average Bonchev–Trinajstić information content (AvgIpc) is 1.62. The number of nitrogens with one attached hydrogen (secondary N) is 1. The van der Waals surface area contributed by atoms with E-state index >= 15 is 0 Å². The van der Waals surface area contributed by atoms with Crippen molar-refractivity contribution < 1.29 is 103 Å². The fraction of sp³-hybridized carbons (Fsp3) is 0.468. The number of likely N-dealkylation sites (tertiary alicyclic amines) is 1. The number of unbranched alkanes of at least 4 members (excludes halogenated alkanes) is 2. The van der Waals surface area contributed by atoms with E-state index in [-0.39, 0.29) is 154 Å². The van der Waals surface area contributed by atoms with Crippen molar-refractivity contribution in [3.8, 4) is 11.5 Å². The van der Waals surface area contributed by atoms with Crippen molar-refractivity contribution in [1.82, 2.24) is 9.80 Å². The third kappa shape index (κ3) is 45.3. The van der Waals surface area contributed by atoms with Crippen molar-refractivity contribution >= 4 is 89.7 Å². The number of carbonyl (C=O) groups excluding carboxylic acids is 10. The average molecular weight is 1520 g/mol. The van der Waals surface area contributed by atoms with Crippen molar-refractivity contribution in [2.45, 2.75) is 184 Å². The number of aromatic hydroxyl groups is 2. The number of halogens is 6. The number of esters is 4. The van der Waals surface area contributed by atoms with Crippen LogP contribution < -0.4 is 0 Å². The van der Waals surface area contributed by atoms with Crippen molar-refractivity contribution in [2.24, 2.45) is 23.7 Å². The number of phenols is 2. The van der Waals surface area contributed by atoms with Gasteiger partial charge in [0.1, 0.15) is 11.5 Å². The summed E-state index contributed by atoms with van der Waals surface area (Å²) in [6.07, 6.45) is 1.11. The summed E-state index contributed by atoms with van der Waals surface area (Å²) < 4.78 is 96.1. The maximum atomic E-state index is 13.9. The molecule has 1 fully saturated rings. The second kappa shape index (κ2) is 62.1. The number of hydrogen-bond acceptors (Lipinski definition) is 17. The molecule has 4 amide bonds. The second-order valence-electron chi connectivity index (χ2n) is 21.5. The van der Waals surface area contributed by atoms with E-state index in [1.54, 1.807) is 91.5 Å². The number of hydrogen-bond donors (Lipinski definition) is 3. The summed E-state index contributed by atoms with van der Waals surface area (Å²) in [5.41, 5.74) is 4.81. The zero-order valence-electron chi connectivity index (χ0n) is 55.2. The molecule has 27 heteroatoms. The molecule has 2 aliphatic rings. The molecule has 19 nitrogen and oxygen atoms in total. The molecule has 3 N–H and O–H groups in total. The second-order valence-corrected chi connectivity index (χ2v) is 21.5. The molecule has 4 aromatic carbocycles. The summed E-state index contributed by atoms with van der Waals surface area (Å²) in [5, 5.41) is 19.5. The zero-order chi connectivity index (χ0) is 72.7. The van der Waals surface area contributed by atoms with Crippen LogP contribution in [0.5, 0.6) is 11.5 Å². The van der Waals surface area contributed by atoms with Crippen molar-refractivity contribution in [2.75, 3.05) is 39.5 Å². The number of benzene rings is 4. The standard InChI is InChI=1S/C34H42F3NO8.C14H13NO3.C10H10O.C7H12O2.C5H5F3O2.9CH4.Al.B.HN/c1-4-6-17-45-33(44)25(18-23(5-2)32(43)46-20-34(35,36)37)19-28(24-9-13-27(40)14-10-24)29-21(3)30(41)38(31(29)42)16-15-22-7-11-26(39)12-8-22;1-10(16)12-4-2-11(3-5-12)8-9-15-13(17)6-7-14(15)18;1-3-9-4-6-10(7-5-9)8(2)11;1-3-5-6-9-7(8)4-2;1-2-4(9)10-3-5(6,7)8;;;;;;;;;;;;/h7-14,21,23,25,28-29,39-40H,4-6,15-20H2,1-3H3;2-7H,8-9H2,1H3;3-7H,1H2,2H3;4H,2-3,5-6H2,1H3;2H,1,3H2;9*1H4;;;1H. The van der Waals surface area contributed by atoms with Gasteiger partial charge in [-0.15, -0.1) is 0 Å². The molecule has 594 valence electrons. The summed E-state index contributed by atoms with van der Waals surface area (Å²) >= 11 is 1.67. The molecule has 0 aromatic heterocycles. The molecule has 0 spiro atoms. The van der Waals surface area contributed by atoms with Crippen LogP contribution in [-0.4, -0.2) is 155 Å². The van der Waals surface area contributed by atoms with Crippen LogP contribution in [0.2, 0.25) is 0 Å². The summed E-state index contributed by atoms with van der Waals surface area (Å²) in [5.74, 6) is -8.81. The molecule has 5 atom stereocenters. The Hall–Kier alpha value is -9.08. The van der Waals surface area contributed by atoms with E-state index in [0.717, 1.165) is 41.5 Å². The number of ketones is 2. The fourth-order valence-corrected chi connectivity index (χ4v) is 9.07. The van der Waals surface area contributed by atoms with E-state index in [9.17, 15) is 84.5 Å². The molecule has 4 aromatic rings. The SMILES string of the molecule is C.C.C.C.C.C.C.C.C.C=CC(=O)OCC(F)(F)F.C=CC(=O)OCCCC.C=Cc1ccc(C(C)=O)cc1.CC(=O)c1ccc(CCN2C(=O)C=CC2=O)cc1.CCCCOC(=O)C(CC(CC)C(=O)OCC(F)(F)F)CC(c1ccc(O)cc1)C1C(=O)N(CCc2ccc(O)cc2)C(=O)C1C.[B].[NH]=[Al]. The Morgan fingerprint density at radius 3 is 1.31 bits per heavy atom. The van der Waals surface area contributed by atoms with Crippen LogP contribution in [0, 0.1) is 28.0 Å². The summed E-state index contributed by atoms with van der Waals surface area (Å²) in [4.78, 5) is 121. The van der Waals surface area contributed by atoms with E-state index in [2.05, 4.69) is 33.9 Å². The van der Waals surface area contributed by atoms with Crippen LogP contribution in [0.1, 0.15) is 202 Å². The number of amides is 4. The molecule has 4 radical (unpaired) electrons. The first kappa shape index (κ1) is 118. The van der Waals surface area contributed by atoms with Gasteiger partial charge in [0, 0.05) is 62.9 Å². The molecule has 6 rings (SSSR count). The molecular weight excluding hydrogens is 1400 g/mol. The monoisotopic (exact) mass is 1520 g/mol. The van der Waals surface area contributed by atoms with Crippen molar-refractivity contribution in [3.63, 3.8) is 0 Å². The van der Waals surface area contributed by atoms with E-state index in [1.807, 2.05) is 38.1 Å². The predicted octanol–water partition coefficient (Wildman–Crippen LogP) is 17.9. The molecular formula is C79H119AlBF6N3O16. The van der Waals surface area contributed by atoms with Crippen molar-refractivity contribution in [1.29, 1.82) is 4.35 Å². The van der Waals surface area contributed by atoms with Gasteiger partial charge in [-0.3, -0.25) is 48.2 Å². The van der Waals surface area contributed by atoms with Crippen LogP contribution >= 0.6 is 0 Å². The number of ether oxygens (including phenoxy) is 4. The minimum absolute atomic E-state index is 0. The Morgan fingerprint density at radius 2 is 0.915 bits per heavy atom. The van der Waals surface area contributed by atoms with Gasteiger partial charge < -0.3 is 29.2 Å². The third-order valence-corrected chi connectivity index (χ3v) is 14.3. The third-order valence-electron chi connectivity index (χ3n) is 14.3. The van der Waals surface area contributed by atoms with Crippen LogP contribution in [0.25, 0.3) is 6.08 Å². The number of rotatable bonds is 28. The topological polar surface area (TPSA) is 278 Å². The van der Waals surface area contributed by atoms with Gasteiger partial charge in [-0.25, -0.2) is 9.59 Å². The molecule has 2 aliphatic heterocycles. The van der Waals surface area contributed by atoms with Crippen LogP contribution in [0.3, 0.4) is 0 Å². The first-order chi connectivity index (χ1) is 45.3. The van der Waals surface area contributed by atoms with Gasteiger partial charge in [-0.1, -0.05) is 206 Å². The Kier molecular flexibility index (Phi) is 69.2. The zero-order valence-corrected chi connectivity index (χ0v) is 56.3. The van der Waals surface area contributed by atoms with Crippen LogP contribution in [0.15, 0.2) is 141 Å². The predicted molar refractivity (Wildman–Crippen MR) is 412 cm³/mol. The number of nitrogens with zero attached hydrogens (tertiary/aromatic N) is 2. The number of phenolic OH excluding ortho intramolecular Hbond substituents is 2. The first-order valence-corrected chi connectivity index (χ1v) is 31.0. The maximum absolute atomic E-state index is 13.9. The Bertz CT molecular complexity index is 3220. The summed E-state index contributed by atoms with van der Waals surface area (Å²) in [7, 11) is 0. The molecule has 5 unspecified atom stereocenters. The quantitative estimate of drug-likeness (QED) is 0.00696.